The van der Waals surface area contributed by atoms with Gasteiger partial charge in [-0.3, -0.25) is 0 Å². The molecule has 0 saturated carbocycles. The molecule has 2 rings (SSSR count). The van der Waals surface area contributed by atoms with E-state index < -0.39 is 5.97 Å². The molecule has 1 N–H and O–H groups in total. The van der Waals surface area contributed by atoms with Crippen LogP contribution in [0.25, 0.3) is 11.6 Å². The summed E-state index contributed by atoms with van der Waals surface area (Å²) in [6.07, 6.45) is 1.63. The van der Waals surface area contributed by atoms with Crippen molar-refractivity contribution in [3.8, 4) is 5.75 Å². The minimum atomic E-state index is -0.995. The average molecular weight is 333 g/mol. The fraction of sp³-hybridized carbons (Fsp3) is 0.0625. The Labute approximate surface area is 125 Å². The summed E-state index contributed by atoms with van der Waals surface area (Å²) in [7, 11) is 1.52. The zero-order valence-electron chi connectivity index (χ0n) is 10.8. The van der Waals surface area contributed by atoms with Gasteiger partial charge in [-0.1, -0.05) is 52.3 Å². The second-order valence-corrected chi connectivity index (χ2v) is 4.94. The Balaban J connectivity index is 2.58. The van der Waals surface area contributed by atoms with Crippen molar-refractivity contribution < 1.29 is 14.6 Å². The number of para-hydroxylation sites is 1. The first kappa shape index (κ1) is 14.3. The normalized spacial score (nSPS) is 11.2. The van der Waals surface area contributed by atoms with Crippen LogP contribution in [0.5, 0.6) is 5.75 Å². The van der Waals surface area contributed by atoms with Crippen LogP contribution in [-0.4, -0.2) is 18.2 Å². The van der Waals surface area contributed by atoms with Crippen LogP contribution in [0.3, 0.4) is 0 Å². The molecule has 0 aliphatic heterocycles. The fourth-order valence-corrected chi connectivity index (χ4v) is 2.27. The Morgan fingerprint density at radius 1 is 1.15 bits per heavy atom. The zero-order chi connectivity index (χ0) is 14.5. The molecule has 0 fully saturated rings. The van der Waals surface area contributed by atoms with Gasteiger partial charge in [0, 0.05) is 10.0 Å². The van der Waals surface area contributed by atoms with Crippen molar-refractivity contribution in [1.82, 2.24) is 0 Å². The Bertz CT molecular complexity index is 662. The highest BCUT2D eigenvalue weighted by Gasteiger charge is 2.15. The van der Waals surface area contributed by atoms with E-state index in [0.29, 0.717) is 11.3 Å². The molecule has 0 unspecified atom stereocenters. The van der Waals surface area contributed by atoms with Crippen molar-refractivity contribution in [3.05, 3.63) is 64.1 Å². The highest BCUT2D eigenvalue weighted by molar-refractivity contribution is 9.10. The smallest absolute Gasteiger partial charge is 0.336 e. The number of methoxy groups -OCH3 is 1. The summed E-state index contributed by atoms with van der Waals surface area (Å²) in [6.45, 7) is 0. The van der Waals surface area contributed by atoms with Gasteiger partial charge in [-0.05, 0) is 23.8 Å². The molecule has 0 spiro atoms. The summed E-state index contributed by atoms with van der Waals surface area (Å²) < 4.78 is 6.07. The van der Waals surface area contributed by atoms with Crippen LogP contribution in [0.4, 0.5) is 0 Å². The van der Waals surface area contributed by atoms with Crippen molar-refractivity contribution in [2.75, 3.05) is 7.11 Å². The zero-order valence-corrected chi connectivity index (χ0v) is 12.4. The molecule has 0 aliphatic rings. The second-order valence-electron chi connectivity index (χ2n) is 4.08. The summed E-state index contributed by atoms with van der Waals surface area (Å²) in [4.78, 5) is 11.5. The van der Waals surface area contributed by atoms with E-state index in [1.54, 1.807) is 30.3 Å². The molecule has 0 bridgehead atoms. The number of benzene rings is 2. The van der Waals surface area contributed by atoms with Crippen LogP contribution in [0.1, 0.15) is 11.1 Å². The molecule has 2 aromatic carbocycles. The number of hydrogen-bond donors (Lipinski definition) is 1. The van der Waals surface area contributed by atoms with Gasteiger partial charge in [0.15, 0.2) is 0 Å². The fourth-order valence-electron chi connectivity index (χ4n) is 1.87. The first-order chi connectivity index (χ1) is 9.63. The molecular weight excluding hydrogens is 320 g/mol. The Morgan fingerprint density at radius 2 is 1.80 bits per heavy atom. The van der Waals surface area contributed by atoms with Gasteiger partial charge >= 0.3 is 5.97 Å². The van der Waals surface area contributed by atoms with Crippen molar-refractivity contribution in [1.29, 1.82) is 0 Å². The SMILES string of the molecule is COc1ccccc1/C(=C/c1ccccc1Br)C(=O)O. The third-order valence-electron chi connectivity index (χ3n) is 2.83. The summed E-state index contributed by atoms with van der Waals surface area (Å²) in [5, 5.41) is 9.46. The molecule has 0 atom stereocenters. The molecule has 102 valence electrons. The largest absolute Gasteiger partial charge is 0.496 e. The van der Waals surface area contributed by atoms with E-state index in [1.165, 1.54) is 7.11 Å². The van der Waals surface area contributed by atoms with Crippen LogP contribution in [0.15, 0.2) is 53.0 Å². The minimum Gasteiger partial charge on any atom is -0.496 e. The molecule has 0 radical (unpaired) electrons. The molecule has 4 heteroatoms. The van der Waals surface area contributed by atoms with Crippen LogP contribution < -0.4 is 4.74 Å². The number of rotatable bonds is 4. The molecule has 0 saturated heterocycles. The standard InChI is InChI=1S/C16H13BrO3/c1-20-15-9-5-3-7-12(15)13(16(18)19)10-11-6-2-4-8-14(11)17/h2-10H,1H3,(H,18,19)/b13-10-. The van der Waals surface area contributed by atoms with Crippen LogP contribution >= 0.6 is 15.9 Å². The second kappa shape index (κ2) is 6.39. The number of carboxylic acid groups (broad SMARTS) is 1. The lowest BCUT2D eigenvalue weighted by Crippen LogP contribution is -2.02. The number of hydrogen-bond acceptors (Lipinski definition) is 2. The molecule has 0 aromatic heterocycles. The van der Waals surface area contributed by atoms with Gasteiger partial charge in [0.2, 0.25) is 0 Å². The van der Waals surface area contributed by atoms with E-state index in [-0.39, 0.29) is 5.57 Å². The molecule has 3 nitrogen and oxygen atoms in total. The maximum Gasteiger partial charge on any atom is 0.336 e. The monoisotopic (exact) mass is 332 g/mol. The van der Waals surface area contributed by atoms with E-state index in [0.717, 1.165) is 10.0 Å². The van der Waals surface area contributed by atoms with Gasteiger partial charge in [0.1, 0.15) is 5.75 Å². The Kier molecular flexibility index (Phi) is 4.58. The number of carboxylic acids is 1. The molecule has 2 aromatic rings. The highest BCUT2D eigenvalue weighted by atomic mass is 79.9. The highest BCUT2D eigenvalue weighted by Crippen LogP contribution is 2.29. The minimum absolute atomic E-state index is 0.189. The van der Waals surface area contributed by atoms with Crippen molar-refractivity contribution in [2.24, 2.45) is 0 Å². The number of halogens is 1. The van der Waals surface area contributed by atoms with E-state index in [2.05, 4.69) is 15.9 Å². The first-order valence-corrected chi connectivity index (χ1v) is 6.75. The van der Waals surface area contributed by atoms with Crippen LogP contribution in [0, 0.1) is 0 Å². The summed E-state index contributed by atoms with van der Waals surface area (Å²) in [5.41, 5.74) is 1.54. The lowest BCUT2D eigenvalue weighted by Gasteiger charge is -2.09. The van der Waals surface area contributed by atoms with Crippen LogP contribution in [-0.2, 0) is 4.79 Å². The summed E-state index contributed by atoms with van der Waals surface area (Å²) in [5.74, 6) is -0.460. The predicted molar refractivity (Wildman–Crippen MR) is 82.6 cm³/mol. The molecular formula is C16H13BrO3. The van der Waals surface area contributed by atoms with E-state index in [1.807, 2.05) is 24.3 Å². The van der Waals surface area contributed by atoms with Gasteiger partial charge in [-0.25, -0.2) is 4.79 Å². The lowest BCUT2D eigenvalue weighted by atomic mass is 10.0. The Morgan fingerprint density at radius 3 is 2.45 bits per heavy atom. The lowest BCUT2D eigenvalue weighted by molar-refractivity contribution is -0.130. The predicted octanol–water partition coefficient (Wildman–Crippen LogP) is 4.08. The van der Waals surface area contributed by atoms with Crippen LogP contribution in [0.2, 0.25) is 0 Å². The van der Waals surface area contributed by atoms with Crippen molar-refractivity contribution in [2.45, 2.75) is 0 Å². The average Bonchev–Trinajstić information content (AvgIpc) is 2.46. The Hall–Kier alpha value is -2.07. The van der Waals surface area contributed by atoms with E-state index >= 15 is 0 Å². The maximum atomic E-state index is 11.5. The quantitative estimate of drug-likeness (QED) is 0.677. The molecule has 0 heterocycles. The van der Waals surface area contributed by atoms with Crippen molar-refractivity contribution in [3.63, 3.8) is 0 Å². The molecule has 0 aliphatic carbocycles. The third-order valence-corrected chi connectivity index (χ3v) is 3.55. The van der Waals surface area contributed by atoms with Crippen molar-refractivity contribution >= 4 is 33.5 Å². The van der Waals surface area contributed by atoms with E-state index in [9.17, 15) is 9.90 Å². The molecule has 20 heavy (non-hydrogen) atoms. The number of ether oxygens (including phenoxy) is 1. The maximum absolute atomic E-state index is 11.5. The summed E-state index contributed by atoms with van der Waals surface area (Å²) >= 11 is 3.41. The number of aliphatic carboxylic acids is 1. The van der Waals surface area contributed by atoms with Gasteiger partial charge in [0.25, 0.3) is 0 Å². The van der Waals surface area contributed by atoms with E-state index in [4.69, 9.17) is 4.74 Å². The topological polar surface area (TPSA) is 46.5 Å². The molecule has 0 amide bonds. The third kappa shape index (κ3) is 3.08. The first-order valence-electron chi connectivity index (χ1n) is 5.96. The summed E-state index contributed by atoms with van der Waals surface area (Å²) in [6, 6.07) is 14.5. The van der Waals surface area contributed by atoms with Gasteiger partial charge in [-0.15, -0.1) is 0 Å². The number of carbonyl (C=O) groups is 1. The van der Waals surface area contributed by atoms with Gasteiger partial charge < -0.3 is 9.84 Å². The van der Waals surface area contributed by atoms with Gasteiger partial charge in [0.05, 0.1) is 12.7 Å². The van der Waals surface area contributed by atoms with Gasteiger partial charge in [-0.2, -0.15) is 0 Å².